The minimum atomic E-state index is -0.545. The van der Waals surface area contributed by atoms with Gasteiger partial charge >= 0.3 is 5.97 Å². The first-order valence-electron chi connectivity index (χ1n) is 10.3. The second-order valence-corrected chi connectivity index (χ2v) is 9.02. The number of esters is 1. The molecule has 0 aliphatic carbocycles. The molecule has 2 aromatic heterocycles. The summed E-state index contributed by atoms with van der Waals surface area (Å²) in [6.07, 6.45) is 11.6. The highest BCUT2D eigenvalue weighted by molar-refractivity contribution is 7.12. The van der Waals surface area contributed by atoms with Gasteiger partial charge in [0.25, 0.3) is 0 Å². The van der Waals surface area contributed by atoms with Gasteiger partial charge < -0.3 is 9.30 Å². The van der Waals surface area contributed by atoms with Gasteiger partial charge in [0.2, 0.25) is 0 Å². The number of rotatable bonds is 11. The number of hydrogen-bond donors (Lipinski definition) is 0. The van der Waals surface area contributed by atoms with E-state index in [2.05, 4.69) is 11.9 Å². The summed E-state index contributed by atoms with van der Waals surface area (Å²) >= 11 is 13.9. The van der Waals surface area contributed by atoms with Crippen LogP contribution in [0.2, 0.25) is 10.0 Å². The lowest BCUT2D eigenvalue weighted by Crippen LogP contribution is -2.17. The minimum Gasteiger partial charge on any atom is -0.451 e. The highest BCUT2D eigenvalue weighted by atomic mass is 35.5. The van der Waals surface area contributed by atoms with Gasteiger partial charge in [-0.2, -0.15) is 0 Å². The third kappa shape index (κ3) is 6.34. The molecule has 0 aliphatic heterocycles. The molecule has 0 N–H and O–H groups in total. The van der Waals surface area contributed by atoms with Crippen molar-refractivity contribution >= 4 is 40.5 Å². The lowest BCUT2D eigenvalue weighted by molar-refractivity contribution is 0.0260. The highest BCUT2D eigenvalue weighted by Gasteiger charge is 2.23. The van der Waals surface area contributed by atoms with Crippen molar-refractivity contribution in [3.8, 4) is 0 Å². The molecule has 7 heteroatoms. The molecule has 0 fully saturated rings. The Morgan fingerprint density at radius 2 is 2.03 bits per heavy atom. The molecular formula is C23H26Cl2N2O2S. The third-order valence-corrected chi connectivity index (χ3v) is 6.48. The van der Waals surface area contributed by atoms with Crippen LogP contribution in [0.5, 0.6) is 0 Å². The van der Waals surface area contributed by atoms with Crippen LogP contribution < -0.4 is 0 Å². The van der Waals surface area contributed by atoms with Gasteiger partial charge in [-0.3, -0.25) is 0 Å². The summed E-state index contributed by atoms with van der Waals surface area (Å²) in [4.78, 5) is 17.8. The molecule has 4 nitrogen and oxygen atoms in total. The van der Waals surface area contributed by atoms with Gasteiger partial charge in [-0.25, -0.2) is 9.78 Å². The van der Waals surface area contributed by atoms with Gasteiger partial charge in [-0.15, -0.1) is 11.3 Å². The number of ether oxygens (including phenoxy) is 1. The molecule has 3 rings (SSSR count). The first kappa shape index (κ1) is 22.9. The molecule has 0 saturated heterocycles. The van der Waals surface area contributed by atoms with Gasteiger partial charge in [0.05, 0.1) is 12.9 Å². The maximum atomic E-state index is 13.0. The summed E-state index contributed by atoms with van der Waals surface area (Å²) in [7, 11) is 0. The standard InChI is InChI=1S/C23H26Cl2N2O2S/c1-2-3-4-5-6-7-17-10-13-30-22(17)23(28)29-21(15-27-12-11-26-16-27)19-9-8-18(24)14-20(19)25/h8-14,16,21H,2-7,15H2,1H3. The quantitative estimate of drug-likeness (QED) is 0.219. The third-order valence-electron chi connectivity index (χ3n) is 4.98. The highest BCUT2D eigenvalue weighted by Crippen LogP contribution is 2.31. The summed E-state index contributed by atoms with van der Waals surface area (Å²) in [6, 6.07) is 7.26. The van der Waals surface area contributed by atoms with Gasteiger partial charge in [0.15, 0.2) is 0 Å². The van der Waals surface area contributed by atoms with Crippen molar-refractivity contribution in [1.29, 1.82) is 0 Å². The van der Waals surface area contributed by atoms with Crippen LogP contribution in [-0.2, 0) is 17.7 Å². The Bertz CT molecular complexity index is 941. The van der Waals surface area contributed by atoms with Crippen molar-refractivity contribution in [2.75, 3.05) is 0 Å². The number of halogens is 2. The van der Waals surface area contributed by atoms with Crippen LogP contribution >= 0.6 is 34.5 Å². The molecule has 0 amide bonds. The van der Waals surface area contributed by atoms with E-state index in [4.69, 9.17) is 27.9 Å². The predicted octanol–water partition coefficient (Wildman–Crippen LogP) is 7.36. The SMILES string of the molecule is CCCCCCCc1ccsc1C(=O)OC(Cn1ccnc1)c1ccc(Cl)cc1Cl. The lowest BCUT2D eigenvalue weighted by Gasteiger charge is -2.20. The molecule has 0 spiro atoms. The molecule has 2 heterocycles. The normalized spacial score (nSPS) is 12.1. The average Bonchev–Trinajstić information content (AvgIpc) is 3.39. The second-order valence-electron chi connectivity index (χ2n) is 7.26. The number of hydrogen-bond acceptors (Lipinski definition) is 4. The van der Waals surface area contributed by atoms with Crippen LogP contribution in [0, 0.1) is 0 Å². The van der Waals surface area contributed by atoms with E-state index >= 15 is 0 Å². The lowest BCUT2D eigenvalue weighted by atomic mass is 10.1. The van der Waals surface area contributed by atoms with Gasteiger partial charge in [0, 0.05) is 28.0 Å². The van der Waals surface area contributed by atoms with Gasteiger partial charge in [-0.1, -0.05) is 61.9 Å². The molecule has 0 aliphatic rings. The molecule has 1 aromatic carbocycles. The molecule has 1 atom stereocenters. The predicted molar refractivity (Wildman–Crippen MR) is 124 cm³/mol. The molecule has 0 bridgehead atoms. The number of benzene rings is 1. The average molecular weight is 465 g/mol. The van der Waals surface area contributed by atoms with Crippen molar-refractivity contribution in [2.45, 2.75) is 58.1 Å². The second kappa shape index (κ2) is 11.5. The van der Waals surface area contributed by atoms with Crippen molar-refractivity contribution < 1.29 is 9.53 Å². The van der Waals surface area contributed by atoms with E-state index in [0.29, 0.717) is 21.5 Å². The molecule has 3 aromatic rings. The Morgan fingerprint density at radius 3 is 2.77 bits per heavy atom. The fourth-order valence-corrected chi connectivity index (χ4v) is 4.73. The summed E-state index contributed by atoms with van der Waals surface area (Å²) in [6.45, 7) is 2.63. The molecule has 160 valence electrons. The van der Waals surface area contributed by atoms with Crippen LogP contribution in [0.4, 0.5) is 0 Å². The zero-order valence-electron chi connectivity index (χ0n) is 17.0. The first-order valence-corrected chi connectivity index (χ1v) is 11.9. The molecule has 0 saturated carbocycles. The van der Waals surface area contributed by atoms with Gasteiger partial charge in [0.1, 0.15) is 11.0 Å². The van der Waals surface area contributed by atoms with E-state index < -0.39 is 6.10 Å². The van der Waals surface area contributed by atoms with Crippen LogP contribution in [0.1, 0.15) is 65.9 Å². The minimum absolute atomic E-state index is 0.315. The number of aromatic nitrogens is 2. The maximum absolute atomic E-state index is 13.0. The van der Waals surface area contributed by atoms with Crippen molar-refractivity contribution in [3.63, 3.8) is 0 Å². The zero-order chi connectivity index (χ0) is 21.3. The van der Waals surface area contributed by atoms with Crippen molar-refractivity contribution in [1.82, 2.24) is 9.55 Å². The number of carbonyl (C=O) groups excluding carboxylic acids is 1. The van der Waals surface area contributed by atoms with E-state index in [1.807, 2.05) is 28.3 Å². The van der Waals surface area contributed by atoms with Crippen molar-refractivity contribution in [2.24, 2.45) is 0 Å². The summed E-state index contributed by atoms with van der Waals surface area (Å²) < 4.78 is 7.82. The molecule has 30 heavy (non-hydrogen) atoms. The Balaban J connectivity index is 1.73. The summed E-state index contributed by atoms with van der Waals surface area (Å²) in [5.41, 5.74) is 1.78. The Kier molecular flexibility index (Phi) is 8.79. The Morgan fingerprint density at radius 1 is 1.20 bits per heavy atom. The number of aryl methyl sites for hydroxylation is 1. The van der Waals surface area contributed by atoms with Gasteiger partial charge in [-0.05, 0) is 42.0 Å². The number of nitrogens with zero attached hydrogens (tertiary/aromatic N) is 2. The number of unbranched alkanes of at least 4 members (excludes halogenated alkanes) is 4. The number of thiophene rings is 1. The van der Waals surface area contributed by atoms with Crippen LogP contribution in [0.3, 0.4) is 0 Å². The monoisotopic (exact) mass is 464 g/mol. The van der Waals surface area contributed by atoms with E-state index in [1.165, 1.54) is 37.0 Å². The zero-order valence-corrected chi connectivity index (χ0v) is 19.3. The Hall–Kier alpha value is -1.82. The van der Waals surface area contributed by atoms with E-state index in [0.717, 1.165) is 24.0 Å². The van der Waals surface area contributed by atoms with Crippen LogP contribution in [0.25, 0.3) is 0 Å². The largest absolute Gasteiger partial charge is 0.451 e. The van der Waals surface area contributed by atoms with Crippen LogP contribution in [-0.4, -0.2) is 15.5 Å². The van der Waals surface area contributed by atoms with E-state index in [1.54, 1.807) is 24.7 Å². The van der Waals surface area contributed by atoms with E-state index in [9.17, 15) is 4.79 Å². The fraction of sp³-hybridized carbons (Fsp3) is 0.391. The summed E-state index contributed by atoms with van der Waals surface area (Å²) in [5.74, 6) is -0.315. The maximum Gasteiger partial charge on any atom is 0.349 e. The molecular weight excluding hydrogens is 439 g/mol. The molecule has 0 radical (unpaired) electrons. The topological polar surface area (TPSA) is 44.1 Å². The van der Waals surface area contributed by atoms with Crippen LogP contribution in [0.15, 0.2) is 48.4 Å². The Labute approximate surface area is 191 Å². The number of imidazole rings is 1. The fourth-order valence-electron chi connectivity index (χ4n) is 3.36. The summed E-state index contributed by atoms with van der Waals surface area (Å²) in [5, 5.41) is 2.97. The number of carbonyl (C=O) groups is 1. The smallest absolute Gasteiger partial charge is 0.349 e. The van der Waals surface area contributed by atoms with Crippen molar-refractivity contribution in [3.05, 3.63) is 74.4 Å². The van der Waals surface area contributed by atoms with E-state index in [-0.39, 0.29) is 5.97 Å². The first-order chi connectivity index (χ1) is 14.6. The molecule has 1 unspecified atom stereocenters.